The van der Waals surface area contributed by atoms with E-state index in [2.05, 4.69) is 10.2 Å². The van der Waals surface area contributed by atoms with Gasteiger partial charge in [0.25, 0.3) is 5.91 Å². The lowest BCUT2D eigenvalue weighted by Gasteiger charge is -2.36. The molecule has 0 saturated carbocycles. The lowest BCUT2D eigenvalue weighted by molar-refractivity contribution is 0.0575. The van der Waals surface area contributed by atoms with Gasteiger partial charge in [-0.25, -0.2) is 0 Å². The molecule has 0 aromatic heterocycles. The summed E-state index contributed by atoms with van der Waals surface area (Å²) in [5.41, 5.74) is 0.484. The van der Waals surface area contributed by atoms with Crippen LogP contribution in [-0.2, 0) is 13.3 Å². The quantitative estimate of drug-likeness (QED) is 0.336. The van der Waals surface area contributed by atoms with Crippen LogP contribution >= 0.6 is 0 Å². The third-order valence-electron chi connectivity index (χ3n) is 5.17. The second-order valence-corrected chi connectivity index (χ2v) is 10.5. The van der Waals surface area contributed by atoms with Crippen molar-refractivity contribution in [3.8, 4) is 17.2 Å². The number of nitrogens with zero attached hydrogens (tertiary/aromatic N) is 1. The van der Waals surface area contributed by atoms with Crippen molar-refractivity contribution < 1.29 is 32.3 Å². The Bertz CT molecular complexity index is 676. The summed E-state index contributed by atoms with van der Waals surface area (Å²) in [4.78, 5) is 15.0. The summed E-state index contributed by atoms with van der Waals surface area (Å²) in [6.07, 6.45) is 1.52. The Kier molecular flexibility index (Phi) is 13.4. The molecule has 9 nitrogen and oxygen atoms in total. The molecule has 1 aromatic carbocycles. The van der Waals surface area contributed by atoms with Crippen LogP contribution in [-0.4, -0.2) is 87.9 Å². The molecule has 0 radical (unpaired) electrons. The van der Waals surface area contributed by atoms with E-state index in [1.807, 2.05) is 34.9 Å². The summed E-state index contributed by atoms with van der Waals surface area (Å²) >= 11 is 0. The second-order valence-electron chi connectivity index (χ2n) is 7.65. The van der Waals surface area contributed by atoms with Gasteiger partial charge in [-0.1, -0.05) is 0 Å². The van der Waals surface area contributed by atoms with Crippen molar-refractivity contribution in [2.24, 2.45) is 0 Å². The standard InChI is InChI=1S/C23H42N2O7Si/c1-9-30-33(31-10-2,32-11-3)19(13-15-25(4)5)12-14-24-23(26)18-16-20(27-6)22(29-8)21(17-18)28-7/h16-17,19H,9-15H2,1-8H3,(H,24,26). The van der Waals surface area contributed by atoms with E-state index in [0.29, 0.717) is 55.6 Å². The number of methoxy groups -OCH3 is 3. The lowest BCUT2D eigenvalue weighted by atomic mass is 10.1. The SMILES string of the molecule is CCO[Si](OCC)(OCC)C(CCNC(=O)c1cc(OC)c(OC)c(OC)c1)CCN(C)C. The maximum Gasteiger partial charge on any atom is 0.504 e. The first-order chi connectivity index (χ1) is 15.8. The normalized spacial score (nSPS) is 12.5. The van der Waals surface area contributed by atoms with Crippen molar-refractivity contribution in [1.82, 2.24) is 10.2 Å². The van der Waals surface area contributed by atoms with Gasteiger partial charge in [-0.2, -0.15) is 0 Å². The molecule has 0 fully saturated rings. The average Bonchev–Trinajstić information content (AvgIpc) is 2.80. The summed E-state index contributed by atoms with van der Waals surface area (Å²) in [6, 6.07) is 3.28. The molecule has 0 heterocycles. The number of carbonyl (C=O) groups excluding carboxylic acids is 1. The molecular formula is C23H42N2O7Si. The van der Waals surface area contributed by atoms with Crippen LogP contribution in [0.15, 0.2) is 12.1 Å². The molecule has 0 aliphatic rings. The van der Waals surface area contributed by atoms with Gasteiger partial charge in [0.15, 0.2) is 11.5 Å². The highest BCUT2D eigenvalue weighted by atomic mass is 28.4. The fourth-order valence-corrected chi connectivity index (χ4v) is 6.81. The van der Waals surface area contributed by atoms with Crippen molar-refractivity contribution in [3.63, 3.8) is 0 Å². The zero-order valence-corrected chi connectivity index (χ0v) is 22.5. The predicted molar refractivity (Wildman–Crippen MR) is 131 cm³/mol. The summed E-state index contributed by atoms with van der Waals surface area (Å²) in [6.45, 7) is 8.73. The highest BCUT2D eigenvalue weighted by Crippen LogP contribution is 2.38. The monoisotopic (exact) mass is 486 g/mol. The van der Waals surface area contributed by atoms with Gasteiger partial charge in [0, 0.05) is 37.5 Å². The first-order valence-corrected chi connectivity index (χ1v) is 13.3. The summed E-state index contributed by atoms with van der Waals surface area (Å²) < 4.78 is 34.5. The van der Waals surface area contributed by atoms with Gasteiger partial charge in [-0.05, 0) is 66.4 Å². The Morgan fingerprint density at radius 2 is 1.42 bits per heavy atom. The molecule has 1 unspecified atom stereocenters. The van der Waals surface area contributed by atoms with Gasteiger partial charge in [0.2, 0.25) is 5.75 Å². The van der Waals surface area contributed by atoms with Crippen LogP contribution in [0, 0.1) is 0 Å². The highest BCUT2D eigenvalue weighted by molar-refractivity contribution is 6.62. The van der Waals surface area contributed by atoms with Gasteiger partial charge >= 0.3 is 8.80 Å². The first-order valence-electron chi connectivity index (χ1n) is 11.5. The zero-order chi connectivity index (χ0) is 24.9. The molecule has 33 heavy (non-hydrogen) atoms. The van der Waals surface area contributed by atoms with E-state index in [-0.39, 0.29) is 11.4 Å². The van der Waals surface area contributed by atoms with Crippen LogP contribution in [0.5, 0.6) is 17.2 Å². The number of nitrogens with one attached hydrogen (secondary N) is 1. The van der Waals surface area contributed by atoms with Gasteiger partial charge in [0.1, 0.15) is 0 Å². The third kappa shape index (κ3) is 8.46. The Labute approximate surface area is 200 Å². The number of carbonyl (C=O) groups is 1. The van der Waals surface area contributed by atoms with Crippen molar-refractivity contribution in [2.75, 3.05) is 68.3 Å². The molecule has 1 amide bonds. The minimum absolute atomic E-state index is 0.0555. The number of hydrogen-bond donors (Lipinski definition) is 1. The van der Waals surface area contributed by atoms with E-state index in [9.17, 15) is 4.79 Å². The molecule has 190 valence electrons. The first kappa shape index (κ1) is 29.2. The maximum atomic E-state index is 12.9. The zero-order valence-electron chi connectivity index (χ0n) is 21.5. The summed E-state index contributed by atoms with van der Waals surface area (Å²) in [7, 11) is 5.72. The van der Waals surface area contributed by atoms with Crippen molar-refractivity contribution >= 4 is 14.7 Å². The molecule has 1 N–H and O–H groups in total. The fraction of sp³-hybridized carbons (Fsp3) is 0.696. The molecule has 0 bridgehead atoms. The van der Waals surface area contributed by atoms with Crippen molar-refractivity contribution in [2.45, 2.75) is 39.2 Å². The van der Waals surface area contributed by atoms with Crippen LogP contribution in [0.25, 0.3) is 0 Å². The number of hydrogen-bond acceptors (Lipinski definition) is 8. The van der Waals surface area contributed by atoms with Gasteiger partial charge in [-0.3, -0.25) is 4.79 Å². The number of ether oxygens (including phenoxy) is 3. The minimum Gasteiger partial charge on any atom is -0.493 e. The largest absolute Gasteiger partial charge is 0.504 e. The second kappa shape index (κ2) is 15.1. The van der Waals surface area contributed by atoms with Crippen molar-refractivity contribution in [1.29, 1.82) is 0 Å². The molecule has 1 atom stereocenters. The van der Waals surface area contributed by atoms with Crippen LogP contribution in [0.3, 0.4) is 0 Å². The molecule has 0 aliphatic carbocycles. The fourth-order valence-electron chi connectivity index (χ4n) is 3.67. The van der Waals surface area contributed by atoms with E-state index in [0.717, 1.165) is 13.0 Å². The van der Waals surface area contributed by atoms with Gasteiger partial charge < -0.3 is 37.7 Å². The van der Waals surface area contributed by atoms with E-state index in [1.54, 1.807) is 12.1 Å². The van der Waals surface area contributed by atoms with E-state index < -0.39 is 8.80 Å². The van der Waals surface area contributed by atoms with Gasteiger partial charge in [0.05, 0.1) is 21.3 Å². The third-order valence-corrected chi connectivity index (χ3v) is 8.82. The summed E-state index contributed by atoms with van der Waals surface area (Å²) in [5, 5.41) is 3.01. The maximum absolute atomic E-state index is 12.9. The molecule has 1 rings (SSSR count). The van der Waals surface area contributed by atoms with Crippen LogP contribution in [0.4, 0.5) is 0 Å². The molecule has 0 spiro atoms. The Morgan fingerprint density at radius 3 is 1.82 bits per heavy atom. The Hall–Kier alpha value is -1.85. The van der Waals surface area contributed by atoms with E-state index >= 15 is 0 Å². The van der Waals surface area contributed by atoms with E-state index in [4.69, 9.17) is 27.5 Å². The Balaban J connectivity index is 3.02. The molecule has 10 heteroatoms. The average molecular weight is 487 g/mol. The molecule has 1 aromatic rings. The number of rotatable bonds is 17. The van der Waals surface area contributed by atoms with Crippen LogP contribution < -0.4 is 19.5 Å². The van der Waals surface area contributed by atoms with Crippen molar-refractivity contribution in [3.05, 3.63) is 17.7 Å². The minimum atomic E-state index is -2.92. The topological polar surface area (TPSA) is 87.7 Å². The lowest BCUT2D eigenvalue weighted by Crippen LogP contribution is -2.51. The van der Waals surface area contributed by atoms with Crippen LogP contribution in [0.2, 0.25) is 5.54 Å². The number of benzene rings is 1. The predicted octanol–water partition coefficient (Wildman–Crippen LogP) is 3.20. The summed E-state index contributed by atoms with van der Waals surface area (Å²) in [5.74, 6) is 1.08. The van der Waals surface area contributed by atoms with E-state index in [1.165, 1.54) is 21.3 Å². The molecular weight excluding hydrogens is 444 g/mol. The van der Waals surface area contributed by atoms with Crippen LogP contribution in [0.1, 0.15) is 44.0 Å². The molecule has 0 aliphatic heterocycles. The highest BCUT2D eigenvalue weighted by Gasteiger charge is 2.48. The molecule has 0 saturated heterocycles. The van der Waals surface area contributed by atoms with Gasteiger partial charge in [-0.15, -0.1) is 0 Å². The Morgan fingerprint density at radius 1 is 0.909 bits per heavy atom. The smallest absolute Gasteiger partial charge is 0.493 e. The number of amides is 1.